The molecule has 0 saturated heterocycles. The van der Waals surface area contributed by atoms with E-state index in [0.29, 0.717) is 0 Å². The van der Waals surface area contributed by atoms with Crippen LogP contribution in [0.5, 0.6) is 0 Å². The van der Waals surface area contributed by atoms with Crippen LogP contribution in [0.15, 0.2) is 63.1 Å². The second kappa shape index (κ2) is 4.55. The summed E-state index contributed by atoms with van der Waals surface area (Å²) in [5.74, 6) is 0. The van der Waals surface area contributed by atoms with Crippen LogP contribution in [0.3, 0.4) is 0 Å². The van der Waals surface area contributed by atoms with Gasteiger partial charge in [0.25, 0.3) is 0 Å². The number of rotatable bonds is 2. The number of hydrogen-bond acceptors (Lipinski definition) is 2. The van der Waals surface area contributed by atoms with Crippen LogP contribution in [0, 0.1) is 0 Å². The van der Waals surface area contributed by atoms with Crippen LogP contribution in [0.25, 0.3) is 11.0 Å². The van der Waals surface area contributed by atoms with Gasteiger partial charge >= 0.3 is 0 Å². The smallest absolute Gasteiger partial charge is 0.171 e. The highest BCUT2D eigenvalue weighted by molar-refractivity contribution is 9.10. The summed E-state index contributed by atoms with van der Waals surface area (Å²) in [6.07, 6.45) is 0. The minimum atomic E-state index is 0.921. The standard InChI is InChI=1S/C13H9BrN2S/c14-9-6-7-11-12(8-9)16-13(15-11)17-10-4-2-1-3-5-10/h1-8H,(H,15,16). The Hall–Kier alpha value is -1.26. The first-order chi connectivity index (χ1) is 8.31. The second-order valence-corrected chi connectivity index (χ2v) is 5.60. The molecular weight excluding hydrogens is 296 g/mol. The SMILES string of the molecule is Brc1ccc2nc(Sc3ccccc3)[nH]c2c1. The summed E-state index contributed by atoms with van der Waals surface area (Å²) in [5.41, 5.74) is 2.05. The number of benzene rings is 2. The highest BCUT2D eigenvalue weighted by Gasteiger charge is 2.04. The molecule has 2 aromatic carbocycles. The Balaban J connectivity index is 1.96. The fourth-order valence-electron chi connectivity index (χ4n) is 1.61. The summed E-state index contributed by atoms with van der Waals surface area (Å²) in [5, 5.41) is 0.921. The summed E-state index contributed by atoms with van der Waals surface area (Å²) in [7, 11) is 0. The first-order valence-electron chi connectivity index (χ1n) is 5.19. The first kappa shape index (κ1) is 10.9. The minimum Gasteiger partial charge on any atom is -0.333 e. The zero-order valence-corrected chi connectivity index (χ0v) is 11.3. The van der Waals surface area contributed by atoms with Gasteiger partial charge in [-0.1, -0.05) is 45.9 Å². The third-order valence-corrected chi connectivity index (χ3v) is 3.77. The lowest BCUT2D eigenvalue weighted by molar-refractivity contribution is 1.08. The Morgan fingerprint density at radius 1 is 1.06 bits per heavy atom. The summed E-state index contributed by atoms with van der Waals surface area (Å²) in [6.45, 7) is 0. The molecule has 17 heavy (non-hydrogen) atoms. The van der Waals surface area contributed by atoms with Crippen molar-refractivity contribution in [3.05, 3.63) is 53.0 Å². The van der Waals surface area contributed by atoms with Crippen LogP contribution in [-0.4, -0.2) is 9.97 Å². The van der Waals surface area contributed by atoms with Gasteiger partial charge in [0, 0.05) is 9.37 Å². The van der Waals surface area contributed by atoms with E-state index < -0.39 is 0 Å². The first-order valence-corrected chi connectivity index (χ1v) is 6.80. The highest BCUT2D eigenvalue weighted by atomic mass is 79.9. The zero-order chi connectivity index (χ0) is 11.7. The van der Waals surface area contributed by atoms with Crippen molar-refractivity contribution in [3.63, 3.8) is 0 Å². The number of hydrogen-bond donors (Lipinski definition) is 1. The topological polar surface area (TPSA) is 28.7 Å². The summed E-state index contributed by atoms with van der Waals surface area (Å²) < 4.78 is 1.06. The maximum absolute atomic E-state index is 4.54. The predicted octanol–water partition coefficient (Wildman–Crippen LogP) is 4.48. The van der Waals surface area contributed by atoms with Gasteiger partial charge in [-0.25, -0.2) is 4.98 Å². The lowest BCUT2D eigenvalue weighted by Crippen LogP contribution is -1.74. The van der Waals surface area contributed by atoms with Crippen molar-refractivity contribution >= 4 is 38.7 Å². The normalized spacial score (nSPS) is 10.9. The third-order valence-electron chi connectivity index (χ3n) is 2.38. The van der Waals surface area contributed by atoms with Gasteiger partial charge < -0.3 is 4.98 Å². The number of fused-ring (bicyclic) bond motifs is 1. The van der Waals surface area contributed by atoms with E-state index in [-0.39, 0.29) is 0 Å². The molecule has 4 heteroatoms. The number of imidazole rings is 1. The lowest BCUT2D eigenvalue weighted by atomic mass is 10.3. The summed E-state index contributed by atoms with van der Waals surface area (Å²) >= 11 is 5.09. The molecular formula is C13H9BrN2S. The lowest BCUT2D eigenvalue weighted by Gasteiger charge is -1.95. The maximum Gasteiger partial charge on any atom is 0.171 e. The van der Waals surface area contributed by atoms with Crippen LogP contribution in [0.4, 0.5) is 0 Å². The van der Waals surface area contributed by atoms with Crippen LogP contribution in [0.1, 0.15) is 0 Å². The molecule has 3 aromatic rings. The molecule has 0 aliphatic heterocycles. The average Bonchev–Trinajstić information content (AvgIpc) is 2.71. The van der Waals surface area contributed by atoms with Crippen molar-refractivity contribution in [2.45, 2.75) is 10.1 Å². The molecule has 1 heterocycles. The van der Waals surface area contributed by atoms with Gasteiger partial charge in [-0.3, -0.25) is 0 Å². The van der Waals surface area contributed by atoms with E-state index in [0.717, 1.165) is 20.7 Å². The van der Waals surface area contributed by atoms with Crippen LogP contribution < -0.4 is 0 Å². The quantitative estimate of drug-likeness (QED) is 0.756. The third kappa shape index (κ3) is 2.37. The zero-order valence-electron chi connectivity index (χ0n) is 8.85. The van der Waals surface area contributed by atoms with Crippen LogP contribution in [0.2, 0.25) is 0 Å². The van der Waals surface area contributed by atoms with Gasteiger partial charge in [-0.2, -0.15) is 0 Å². The molecule has 0 spiro atoms. The Morgan fingerprint density at radius 3 is 2.71 bits per heavy atom. The number of H-pyrrole nitrogens is 1. The van der Waals surface area contributed by atoms with Crippen molar-refractivity contribution in [1.82, 2.24) is 9.97 Å². The Labute approximate surface area is 112 Å². The van der Waals surface area contributed by atoms with Crippen molar-refractivity contribution in [2.75, 3.05) is 0 Å². The molecule has 0 radical (unpaired) electrons. The molecule has 0 unspecified atom stereocenters. The van der Waals surface area contributed by atoms with Crippen molar-refractivity contribution in [2.24, 2.45) is 0 Å². The largest absolute Gasteiger partial charge is 0.333 e. The number of aromatic amines is 1. The summed E-state index contributed by atoms with van der Waals surface area (Å²) in [6, 6.07) is 16.3. The van der Waals surface area contributed by atoms with E-state index in [1.54, 1.807) is 11.8 Å². The van der Waals surface area contributed by atoms with Crippen molar-refractivity contribution in [3.8, 4) is 0 Å². The van der Waals surface area contributed by atoms with E-state index in [1.165, 1.54) is 4.90 Å². The Bertz CT molecular complexity index is 649. The number of nitrogens with one attached hydrogen (secondary N) is 1. The Morgan fingerprint density at radius 2 is 1.88 bits per heavy atom. The molecule has 0 bridgehead atoms. The van der Waals surface area contributed by atoms with E-state index in [4.69, 9.17) is 0 Å². The van der Waals surface area contributed by atoms with Gasteiger partial charge in [0.15, 0.2) is 5.16 Å². The molecule has 0 amide bonds. The molecule has 0 aliphatic rings. The van der Waals surface area contributed by atoms with E-state index in [2.05, 4.69) is 38.0 Å². The predicted molar refractivity (Wildman–Crippen MR) is 74.4 cm³/mol. The van der Waals surface area contributed by atoms with Gasteiger partial charge in [0.1, 0.15) is 0 Å². The monoisotopic (exact) mass is 304 g/mol. The van der Waals surface area contributed by atoms with E-state index >= 15 is 0 Å². The van der Waals surface area contributed by atoms with Crippen molar-refractivity contribution < 1.29 is 0 Å². The van der Waals surface area contributed by atoms with Gasteiger partial charge in [0.2, 0.25) is 0 Å². The fourth-order valence-corrected chi connectivity index (χ4v) is 2.79. The molecule has 0 aliphatic carbocycles. The molecule has 84 valence electrons. The molecule has 0 fully saturated rings. The van der Waals surface area contributed by atoms with Crippen LogP contribution >= 0.6 is 27.7 Å². The van der Waals surface area contributed by atoms with Gasteiger partial charge in [-0.05, 0) is 30.3 Å². The number of aromatic nitrogens is 2. The van der Waals surface area contributed by atoms with Crippen molar-refractivity contribution in [1.29, 1.82) is 0 Å². The molecule has 0 atom stereocenters. The fraction of sp³-hybridized carbons (Fsp3) is 0. The van der Waals surface area contributed by atoms with E-state index in [9.17, 15) is 0 Å². The van der Waals surface area contributed by atoms with Gasteiger partial charge in [0.05, 0.1) is 11.0 Å². The molecule has 1 aromatic heterocycles. The molecule has 3 rings (SSSR count). The van der Waals surface area contributed by atoms with Gasteiger partial charge in [-0.15, -0.1) is 0 Å². The highest BCUT2D eigenvalue weighted by Crippen LogP contribution is 2.27. The molecule has 2 nitrogen and oxygen atoms in total. The second-order valence-electron chi connectivity index (χ2n) is 3.62. The van der Waals surface area contributed by atoms with E-state index in [1.807, 2.05) is 36.4 Å². The molecule has 1 N–H and O–H groups in total. The molecule has 0 saturated carbocycles. The summed E-state index contributed by atoms with van der Waals surface area (Å²) in [4.78, 5) is 9.03. The van der Waals surface area contributed by atoms with Crippen LogP contribution in [-0.2, 0) is 0 Å². The minimum absolute atomic E-state index is 0.921. The average molecular weight is 305 g/mol. The number of halogens is 1. The Kier molecular flexibility index (Phi) is 2.91. The number of nitrogens with zero attached hydrogens (tertiary/aromatic N) is 1. The maximum atomic E-state index is 4.54.